The zero-order chi connectivity index (χ0) is 25.0. The van der Waals surface area contributed by atoms with Gasteiger partial charge in [0.05, 0.1) is 23.0 Å². The molecule has 188 valence electrons. The van der Waals surface area contributed by atoms with Crippen LogP contribution in [0.25, 0.3) is 0 Å². The number of nitrogens with one attached hydrogen (secondary N) is 1. The molecule has 0 radical (unpaired) electrons. The number of ether oxygens (including phenoxy) is 2. The van der Waals surface area contributed by atoms with Crippen LogP contribution in [-0.2, 0) is 29.1 Å². The predicted octanol–water partition coefficient (Wildman–Crippen LogP) is 1.94. The lowest BCUT2D eigenvalue weighted by Gasteiger charge is -2.26. The maximum atomic E-state index is 12.9. The lowest BCUT2D eigenvalue weighted by atomic mass is 10.2. The van der Waals surface area contributed by atoms with Gasteiger partial charge in [0, 0.05) is 25.3 Å². The Balaban J connectivity index is 1.37. The van der Waals surface area contributed by atoms with E-state index < -0.39 is 34.0 Å². The molecular formula is C23H27N3O7S2. The molecule has 35 heavy (non-hydrogen) atoms. The standard InChI is InChI=1S/C23H27N3O7S2/c1-16(33-23(29)19-7-3-9-26(19)22(28)20-8-4-14-34-20)21(27)24-17-5-2-6-18(15-17)35(30,31)25-10-12-32-13-11-25/h2,4-6,8,14-16,19H,3,7,9-13H2,1H3,(H,24,27). The minimum absolute atomic E-state index is 0.0514. The Morgan fingerprint density at radius 2 is 1.91 bits per heavy atom. The first-order chi connectivity index (χ1) is 16.8. The van der Waals surface area contributed by atoms with Crippen LogP contribution in [0.2, 0.25) is 0 Å². The highest BCUT2D eigenvalue weighted by atomic mass is 32.2. The van der Waals surface area contributed by atoms with Gasteiger partial charge in [0.2, 0.25) is 10.0 Å². The van der Waals surface area contributed by atoms with Gasteiger partial charge in [-0.3, -0.25) is 9.59 Å². The molecule has 2 aromatic rings. The number of carbonyl (C=O) groups excluding carboxylic acids is 3. The van der Waals surface area contributed by atoms with E-state index in [1.165, 1.54) is 45.7 Å². The summed E-state index contributed by atoms with van der Waals surface area (Å²) >= 11 is 1.30. The van der Waals surface area contributed by atoms with Crippen LogP contribution in [0.4, 0.5) is 5.69 Å². The summed E-state index contributed by atoms with van der Waals surface area (Å²) in [7, 11) is -3.72. The molecule has 0 spiro atoms. The average Bonchev–Trinajstić information content (AvgIpc) is 3.57. The van der Waals surface area contributed by atoms with Crippen molar-refractivity contribution in [3.05, 3.63) is 46.7 Å². The molecule has 2 unspecified atom stereocenters. The van der Waals surface area contributed by atoms with E-state index in [2.05, 4.69) is 5.32 Å². The predicted molar refractivity (Wildman–Crippen MR) is 129 cm³/mol. The number of hydrogen-bond acceptors (Lipinski definition) is 8. The second-order valence-electron chi connectivity index (χ2n) is 8.25. The smallest absolute Gasteiger partial charge is 0.329 e. The van der Waals surface area contributed by atoms with Crippen LogP contribution in [0.5, 0.6) is 0 Å². The minimum Gasteiger partial charge on any atom is -0.451 e. The lowest BCUT2D eigenvalue weighted by Crippen LogP contribution is -2.43. The largest absolute Gasteiger partial charge is 0.451 e. The molecule has 2 aliphatic rings. The third kappa shape index (κ3) is 5.72. The molecule has 12 heteroatoms. The number of anilines is 1. The normalized spacial score (nSPS) is 19.8. The van der Waals surface area contributed by atoms with Crippen molar-refractivity contribution < 1.29 is 32.3 Å². The number of nitrogens with zero attached hydrogens (tertiary/aromatic N) is 2. The molecule has 0 bridgehead atoms. The summed E-state index contributed by atoms with van der Waals surface area (Å²) in [6.45, 7) is 3.06. The van der Waals surface area contributed by atoms with Gasteiger partial charge in [-0.25, -0.2) is 13.2 Å². The lowest BCUT2D eigenvalue weighted by molar-refractivity contribution is -0.156. The summed E-state index contributed by atoms with van der Waals surface area (Å²) in [6.07, 6.45) is -0.00515. The van der Waals surface area contributed by atoms with Gasteiger partial charge >= 0.3 is 5.97 Å². The molecule has 1 aromatic heterocycles. The van der Waals surface area contributed by atoms with Crippen LogP contribution in [0.15, 0.2) is 46.7 Å². The Morgan fingerprint density at radius 3 is 2.63 bits per heavy atom. The van der Waals surface area contributed by atoms with E-state index in [1.807, 2.05) is 0 Å². The summed E-state index contributed by atoms with van der Waals surface area (Å²) in [4.78, 5) is 40.2. The van der Waals surface area contributed by atoms with Gasteiger partial charge in [-0.1, -0.05) is 12.1 Å². The molecule has 2 fully saturated rings. The highest BCUT2D eigenvalue weighted by Crippen LogP contribution is 2.24. The molecule has 3 heterocycles. The molecule has 2 atom stereocenters. The van der Waals surface area contributed by atoms with Crippen molar-refractivity contribution in [1.82, 2.24) is 9.21 Å². The number of sulfonamides is 1. The maximum Gasteiger partial charge on any atom is 0.329 e. The summed E-state index contributed by atoms with van der Waals surface area (Å²) in [5, 5.41) is 4.40. The van der Waals surface area contributed by atoms with Crippen LogP contribution in [0.1, 0.15) is 29.4 Å². The first-order valence-electron chi connectivity index (χ1n) is 11.3. The molecule has 1 aromatic carbocycles. The molecule has 2 amide bonds. The molecule has 1 N–H and O–H groups in total. The fraction of sp³-hybridized carbons (Fsp3) is 0.435. The Morgan fingerprint density at radius 1 is 1.14 bits per heavy atom. The molecule has 2 saturated heterocycles. The molecular weight excluding hydrogens is 494 g/mol. The molecule has 2 aliphatic heterocycles. The highest BCUT2D eigenvalue weighted by Gasteiger charge is 2.37. The van der Waals surface area contributed by atoms with Gasteiger partial charge in [-0.15, -0.1) is 11.3 Å². The number of morpholine rings is 1. The van der Waals surface area contributed by atoms with Crippen LogP contribution < -0.4 is 5.32 Å². The van der Waals surface area contributed by atoms with Gasteiger partial charge < -0.3 is 19.7 Å². The van der Waals surface area contributed by atoms with E-state index in [0.29, 0.717) is 37.5 Å². The summed E-state index contributed by atoms with van der Waals surface area (Å²) < 4.78 is 37.7. The SMILES string of the molecule is CC(OC(=O)C1CCCN1C(=O)c1cccs1)C(=O)Nc1cccc(S(=O)(=O)N2CCOCC2)c1. The van der Waals surface area contributed by atoms with Gasteiger partial charge in [-0.05, 0) is 49.4 Å². The van der Waals surface area contributed by atoms with Crippen LogP contribution >= 0.6 is 11.3 Å². The van der Waals surface area contributed by atoms with E-state index in [1.54, 1.807) is 23.6 Å². The minimum atomic E-state index is -3.72. The van der Waals surface area contributed by atoms with Gasteiger partial charge in [0.1, 0.15) is 6.04 Å². The van der Waals surface area contributed by atoms with Crippen molar-refractivity contribution in [2.45, 2.75) is 36.8 Å². The van der Waals surface area contributed by atoms with Crippen molar-refractivity contribution in [1.29, 1.82) is 0 Å². The molecule has 4 rings (SSSR count). The Labute approximate surface area is 207 Å². The average molecular weight is 522 g/mol. The molecule has 0 aliphatic carbocycles. The van der Waals surface area contributed by atoms with Gasteiger partial charge in [-0.2, -0.15) is 4.31 Å². The number of rotatable bonds is 7. The Hall–Kier alpha value is -2.80. The van der Waals surface area contributed by atoms with Gasteiger partial charge in [0.15, 0.2) is 6.10 Å². The van der Waals surface area contributed by atoms with E-state index in [-0.39, 0.29) is 29.6 Å². The van der Waals surface area contributed by atoms with E-state index in [4.69, 9.17) is 9.47 Å². The Bertz CT molecular complexity index is 1180. The first kappa shape index (κ1) is 25.3. The van der Waals surface area contributed by atoms with Crippen molar-refractivity contribution in [2.75, 3.05) is 38.2 Å². The third-order valence-electron chi connectivity index (χ3n) is 5.89. The summed E-state index contributed by atoms with van der Waals surface area (Å²) in [6, 6.07) is 8.65. The van der Waals surface area contributed by atoms with Crippen LogP contribution in [0.3, 0.4) is 0 Å². The number of thiophene rings is 1. The van der Waals surface area contributed by atoms with E-state index in [9.17, 15) is 22.8 Å². The molecule has 10 nitrogen and oxygen atoms in total. The van der Waals surface area contributed by atoms with Crippen molar-refractivity contribution in [3.63, 3.8) is 0 Å². The zero-order valence-corrected chi connectivity index (χ0v) is 20.8. The fourth-order valence-electron chi connectivity index (χ4n) is 4.02. The first-order valence-corrected chi connectivity index (χ1v) is 13.6. The number of amides is 2. The topological polar surface area (TPSA) is 122 Å². The number of carbonyl (C=O) groups is 3. The van der Waals surface area contributed by atoms with E-state index >= 15 is 0 Å². The Kier molecular flexibility index (Phi) is 7.85. The summed E-state index contributed by atoms with van der Waals surface area (Å²) in [5.41, 5.74) is 0.266. The second kappa shape index (κ2) is 10.9. The van der Waals surface area contributed by atoms with Gasteiger partial charge in [0.25, 0.3) is 11.8 Å². The third-order valence-corrected chi connectivity index (χ3v) is 8.64. The number of esters is 1. The number of benzene rings is 1. The van der Waals surface area contributed by atoms with Crippen molar-refractivity contribution >= 4 is 44.8 Å². The summed E-state index contributed by atoms with van der Waals surface area (Å²) in [5.74, 6) is -1.47. The second-order valence-corrected chi connectivity index (χ2v) is 11.1. The van der Waals surface area contributed by atoms with E-state index in [0.717, 1.165) is 0 Å². The van der Waals surface area contributed by atoms with Crippen molar-refractivity contribution in [3.8, 4) is 0 Å². The number of likely N-dealkylation sites (tertiary alicyclic amines) is 1. The highest BCUT2D eigenvalue weighted by molar-refractivity contribution is 7.89. The monoisotopic (exact) mass is 521 g/mol. The quantitative estimate of drug-likeness (QED) is 0.553. The van der Waals surface area contributed by atoms with Crippen molar-refractivity contribution in [2.24, 2.45) is 0 Å². The fourth-order valence-corrected chi connectivity index (χ4v) is 6.15. The van der Waals surface area contributed by atoms with Crippen LogP contribution in [-0.4, -0.2) is 80.4 Å². The zero-order valence-electron chi connectivity index (χ0n) is 19.2. The van der Waals surface area contributed by atoms with Crippen LogP contribution in [0, 0.1) is 0 Å². The molecule has 0 saturated carbocycles. The number of hydrogen-bond donors (Lipinski definition) is 1. The maximum absolute atomic E-state index is 12.9.